The van der Waals surface area contributed by atoms with Crippen LogP contribution in [-0.4, -0.2) is 10.1 Å². The summed E-state index contributed by atoms with van der Waals surface area (Å²) in [5.74, 6) is -0.535. The van der Waals surface area contributed by atoms with E-state index in [0.717, 1.165) is 0 Å². The zero-order valence-corrected chi connectivity index (χ0v) is 5.77. The van der Waals surface area contributed by atoms with Crippen LogP contribution in [0.3, 0.4) is 0 Å². The van der Waals surface area contributed by atoms with Crippen LogP contribution in [0.2, 0.25) is 5.15 Å². The summed E-state index contributed by atoms with van der Waals surface area (Å²) >= 11 is 5.41. The van der Waals surface area contributed by atoms with Gasteiger partial charge in [0, 0.05) is 0 Å². The molecule has 0 aliphatic heterocycles. The summed E-state index contributed by atoms with van der Waals surface area (Å²) in [6.45, 7) is -0.424. The molecule has 2 nitrogen and oxygen atoms in total. The molecule has 0 unspecified atom stereocenters. The van der Waals surface area contributed by atoms with Crippen molar-refractivity contribution in [2.45, 2.75) is 6.61 Å². The zero-order chi connectivity index (χ0) is 7.56. The van der Waals surface area contributed by atoms with Crippen molar-refractivity contribution < 1.29 is 9.50 Å². The Bertz CT molecular complexity index is 241. The smallest absolute Gasteiger partial charge is 0.147 e. The van der Waals surface area contributed by atoms with Gasteiger partial charge in [-0.2, -0.15) is 0 Å². The summed E-state index contributed by atoms with van der Waals surface area (Å²) in [6, 6.07) is 2.50. The Labute approximate surface area is 62.3 Å². The van der Waals surface area contributed by atoms with Crippen LogP contribution in [0.1, 0.15) is 5.69 Å². The Morgan fingerprint density at radius 1 is 1.60 bits per heavy atom. The SMILES string of the molecule is OCc1nc(Cl)ccc1F. The van der Waals surface area contributed by atoms with Gasteiger partial charge in [-0.15, -0.1) is 0 Å². The van der Waals surface area contributed by atoms with Crippen molar-refractivity contribution in [2.24, 2.45) is 0 Å². The second-order valence-corrected chi connectivity index (χ2v) is 2.11. The van der Waals surface area contributed by atoms with Crippen LogP contribution in [0.4, 0.5) is 4.39 Å². The highest BCUT2D eigenvalue weighted by Gasteiger charge is 2.01. The molecule has 0 aliphatic rings. The van der Waals surface area contributed by atoms with Crippen molar-refractivity contribution in [3.05, 3.63) is 28.8 Å². The molecule has 0 saturated carbocycles. The first kappa shape index (κ1) is 7.44. The van der Waals surface area contributed by atoms with Crippen molar-refractivity contribution in [1.82, 2.24) is 4.98 Å². The molecular weight excluding hydrogens is 157 g/mol. The van der Waals surface area contributed by atoms with E-state index in [-0.39, 0.29) is 10.8 Å². The maximum atomic E-state index is 12.5. The first-order valence-electron chi connectivity index (χ1n) is 2.66. The third-order valence-corrected chi connectivity index (χ3v) is 1.24. The molecule has 54 valence electrons. The second-order valence-electron chi connectivity index (χ2n) is 1.72. The highest BCUT2D eigenvalue weighted by Crippen LogP contribution is 2.09. The van der Waals surface area contributed by atoms with Gasteiger partial charge in [0.1, 0.15) is 16.7 Å². The average Bonchev–Trinajstić information content (AvgIpc) is 1.94. The predicted octanol–water partition coefficient (Wildman–Crippen LogP) is 1.37. The quantitative estimate of drug-likeness (QED) is 0.631. The molecule has 0 spiro atoms. The van der Waals surface area contributed by atoms with Crippen LogP contribution >= 0.6 is 11.6 Å². The lowest BCUT2D eigenvalue weighted by Crippen LogP contribution is -1.93. The molecule has 1 heterocycles. The van der Waals surface area contributed by atoms with Crippen LogP contribution in [0, 0.1) is 5.82 Å². The Kier molecular flexibility index (Phi) is 2.19. The summed E-state index contributed by atoms with van der Waals surface area (Å²) in [5, 5.41) is 8.67. The summed E-state index contributed by atoms with van der Waals surface area (Å²) < 4.78 is 12.5. The van der Waals surface area contributed by atoms with E-state index in [1.54, 1.807) is 0 Å². The molecule has 0 aliphatic carbocycles. The fourth-order valence-corrected chi connectivity index (χ4v) is 0.734. The van der Waals surface area contributed by atoms with E-state index in [1.165, 1.54) is 12.1 Å². The fraction of sp³-hybridized carbons (Fsp3) is 0.167. The highest BCUT2D eigenvalue weighted by atomic mass is 35.5. The van der Waals surface area contributed by atoms with Gasteiger partial charge in [0.25, 0.3) is 0 Å². The van der Waals surface area contributed by atoms with E-state index in [2.05, 4.69) is 4.98 Å². The van der Waals surface area contributed by atoms with Crippen LogP contribution < -0.4 is 0 Å². The third-order valence-electron chi connectivity index (χ3n) is 1.03. The minimum absolute atomic E-state index is 0.0208. The van der Waals surface area contributed by atoms with Gasteiger partial charge in [0.15, 0.2) is 0 Å². The summed E-state index contributed by atoms with van der Waals surface area (Å²) in [6.07, 6.45) is 0. The third kappa shape index (κ3) is 1.43. The van der Waals surface area contributed by atoms with Gasteiger partial charge in [-0.25, -0.2) is 9.37 Å². The molecular formula is C6H5ClFNO. The van der Waals surface area contributed by atoms with Crippen molar-refractivity contribution in [3.8, 4) is 0 Å². The molecule has 0 atom stereocenters. The lowest BCUT2D eigenvalue weighted by atomic mass is 10.3. The van der Waals surface area contributed by atoms with Crippen molar-refractivity contribution in [2.75, 3.05) is 0 Å². The normalized spacial score (nSPS) is 9.90. The maximum absolute atomic E-state index is 12.5. The molecule has 0 radical (unpaired) electrons. The van der Waals surface area contributed by atoms with Crippen molar-refractivity contribution in [1.29, 1.82) is 0 Å². The van der Waals surface area contributed by atoms with Gasteiger partial charge in [-0.3, -0.25) is 0 Å². The minimum Gasteiger partial charge on any atom is -0.390 e. The molecule has 1 N–H and O–H groups in total. The molecule has 1 aromatic heterocycles. The molecule has 1 rings (SSSR count). The van der Waals surface area contributed by atoms with E-state index >= 15 is 0 Å². The molecule has 0 saturated heterocycles. The maximum Gasteiger partial charge on any atom is 0.147 e. The van der Waals surface area contributed by atoms with Gasteiger partial charge < -0.3 is 5.11 Å². The Balaban J connectivity index is 3.09. The first-order valence-corrected chi connectivity index (χ1v) is 3.03. The number of nitrogens with zero attached hydrogens (tertiary/aromatic N) is 1. The van der Waals surface area contributed by atoms with E-state index in [1.807, 2.05) is 0 Å². The Morgan fingerprint density at radius 3 is 2.80 bits per heavy atom. The van der Waals surface area contributed by atoms with Crippen LogP contribution in [-0.2, 0) is 6.61 Å². The molecule has 10 heavy (non-hydrogen) atoms. The molecule has 0 aromatic carbocycles. The first-order chi connectivity index (χ1) is 4.74. The van der Waals surface area contributed by atoms with Crippen molar-refractivity contribution in [3.63, 3.8) is 0 Å². The van der Waals surface area contributed by atoms with Gasteiger partial charge in [0.2, 0.25) is 0 Å². The number of pyridine rings is 1. The number of hydrogen-bond acceptors (Lipinski definition) is 2. The molecule has 0 bridgehead atoms. The average molecular weight is 162 g/mol. The number of hydrogen-bond donors (Lipinski definition) is 1. The summed E-state index contributed by atoms with van der Waals surface area (Å²) in [4.78, 5) is 3.53. The molecule has 1 aromatic rings. The monoisotopic (exact) mass is 161 g/mol. The summed E-state index contributed by atoms with van der Waals surface area (Å²) in [5.41, 5.74) is -0.0208. The standard InChI is InChI=1S/C6H5ClFNO/c7-6-2-1-4(8)5(3-10)9-6/h1-2,10H,3H2. The van der Waals surface area contributed by atoms with Gasteiger partial charge in [-0.1, -0.05) is 11.6 Å². The van der Waals surface area contributed by atoms with Crippen LogP contribution in [0.25, 0.3) is 0 Å². The van der Waals surface area contributed by atoms with E-state index < -0.39 is 12.4 Å². The van der Waals surface area contributed by atoms with Gasteiger partial charge in [-0.05, 0) is 12.1 Å². The van der Waals surface area contributed by atoms with Gasteiger partial charge in [0.05, 0.1) is 6.61 Å². The van der Waals surface area contributed by atoms with Crippen molar-refractivity contribution >= 4 is 11.6 Å². The van der Waals surface area contributed by atoms with E-state index in [0.29, 0.717) is 0 Å². The predicted molar refractivity (Wildman–Crippen MR) is 35.1 cm³/mol. The molecule has 0 fully saturated rings. The fourth-order valence-electron chi connectivity index (χ4n) is 0.569. The largest absolute Gasteiger partial charge is 0.390 e. The molecule has 0 amide bonds. The van der Waals surface area contributed by atoms with Gasteiger partial charge >= 0.3 is 0 Å². The Hall–Kier alpha value is -0.670. The summed E-state index contributed by atoms with van der Waals surface area (Å²) in [7, 11) is 0. The lowest BCUT2D eigenvalue weighted by molar-refractivity contribution is 0.270. The number of aliphatic hydroxyl groups is 1. The number of rotatable bonds is 1. The molecule has 4 heteroatoms. The number of aromatic nitrogens is 1. The number of aliphatic hydroxyl groups excluding tert-OH is 1. The number of halogens is 2. The Morgan fingerprint density at radius 2 is 2.30 bits per heavy atom. The lowest BCUT2D eigenvalue weighted by Gasteiger charge is -1.96. The van der Waals surface area contributed by atoms with E-state index in [4.69, 9.17) is 16.7 Å². The zero-order valence-electron chi connectivity index (χ0n) is 5.01. The van der Waals surface area contributed by atoms with Crippen LogP contribution in [0.5, 0.6) is 0 Å². The second kappa shape index (κ2) is 2.94. The van der Waals surface area contributed by atoms with Crippen LogP contribution in [0.15, 0.2) is 12.1 Å². The highest BCUT2D eigenvalue weighted by molar-refractivity contribution is 6.29. The minimum atomic E-state index is -0.535. The van der Waals surface area contributed by atoms with E-state index in [9.17, 15) is 4.39 Å². The topological polar surface area (TPSA) is 33.1 Å².